The molecule has 2 unspecified atom stereocenters. The lowest BCUT2D eigenvalue weighted by Gasteiger charge is -2.25. The molecule has 0 radical (unpaired) electrons. The first-order valence-electron chi connectivity index (χ1n) is 8.01. The standard InChI is InChI=1S/C18H20N2O3/c21-15-7-9-20(11-15)10-13-3-5-14(6-4-13)17-12-22-16-2-1-8-19-18(16)23-17/h1-6,8,15,17,21H,7,9-12H2. The van der Waals surface area contributed by atoms with Crippen LogP contribution in [0, 0.1) is 0 Å². The highest BCUT2D eigenvalue weighted by molar-refractivity contribution is 5.35. The lowest BCUT2D eigenvalue weighted by Crippen LogP contribution is -2.23. The summed E-state index contributed by atoms with van der Waals surface area (Å²) in [5.74, 6) is 1.26. The number of aliphatic hydroxyl groups excluding tert-OH is 1. The minimum atomic E-state index is -0.172. The normalized spacial score (nSPS) is 23.9. The molecule has 4 rings (SSSR count). The number of hydrogen-bond acceptors (Lipinski definition) is 5. The summed E-state index contributed by atoms with van der Waals surface area (Å²) < 4.78 is 11.6. The topological polar surface area (TPSA) is 54.8 Å². The van der Waals surface area contributed by atoms with E-state index in [1.54, 1.807) is 6.20 Å². The van der Waals surface area contributed by atoms with Gasteiger partial charge in [-0.1, -0.05) is 24.3 Å². The van der Waals surface area contributed by atoms with Gasteiger partial charge >= 0.3 is 0 Å². The van der Waals surface area contributed by atoms with E-state index < -0.39 is 0 Å². The molecule has 2 aromatic rings. The first kappa shape index (κ1) is 14.5. The summed E-state index contributed by atoms with van der Waals surface area (Å²) in [6.07, 6.45) is 2.28. The lowest BCUT2D eigenvalue weighted by molar-refractivity contribution is 0.0851. The molecule has 120 valence electrons. The van der Waals surface area contributed by atoms with Crippen molar-refractivity contribution >= 4 is 0 Å². The van der Waals surface area contributed by atoms with E-state index in [4.69, 9.17) is 9.47 Å². The van der Waals surface area contributed by atoms with Crippen LogP contribution < -0.4 is 9.47 Å². The number of aliphatic hydroxyl groups is 1. The first-order valence-corrected chi connectivity index (χ1v) is 8.01. The number of likely N-dealkylation sites (tertiary alicyclic amines) is 1. The summed E-state index contributed by atoms with van der Waals surface area (Å²) in [6.45, 7) is 3.11. The second-order valence-electron chi connectivity index (χ2n) is 6.14. The van der Waals surface area contributed by atoms with Gasteiger partial charge in [0.15, 0.2) is 11.9 Å². The minimum absolute atomic E-state index is 0.125. The Bertz CT molecular complexity index is 674. The van der Waals surface area contributed by atoms with Crippen LogP contribution in [0.15, 0.2) is 42.6 Å². The Balaban J connectivity index is 1.42. The molecule has 1 N–H and O–H groups in total. The summed E-state index contributed by atoms with van der Waals surface area (Å²) in [7, 11) is 0. The minimum Gasteiger partial charge on any atom is -0.484 e. The fraction of sp³-hybridized carbons (Fsp3) is 0.389. The molecular weight excluding hydrogens is 292 g/mol. The quantitative estimate of drug-likeness (QED) is 0.941. The zero-order chi connectivity index (χ0) is 15.6. The van der Waals surface area contributed by atoms with E-state index in [1.165, 1.54) is 5.56 Å². The average Bonchev–Trinajstić information content (AvgIpc) is 3.00. The van der Waals surface area contributed by atoms with E-state index >= 15 is 0 Å². The zero-order valence-corrected chi connectivity index (χ0v) is 12.9. The number of pyridine rings is 1. The average molecular weight is 312 g/mol. The van der Waals surface area contributed by atoms with Crippen LogP contribution in [0.4, 0.5) is 0 Å². The third-order valence-corrected chi connectivity index (χ3v) is 4.39. The fourth-order valence-electron chi connectivity index (χ4n) is 3.12. The van der Waals surface area contributed by atoms with Crippen LogP contribution in [0.25, 0.3) is 0 Å². The molecule has 1 fully saturated rings. The van der Waals surface area contributed by atoms with Crippen LogP contribution in [0.3, 0.4) is 0 Å². The zero-order valence-electron chi connectivity index (χ0n) is 12.9. The van der Waals surface area contributed by atoms with Gasteiger partial charge in [0.1, 0.15) is 6.61 Å². The van der Waals surface area contributed by atoms with Crippen LogP contribution in [-0.4, -0.2) is 40.8 Å². The molecule has 5 heteroatoms. The van der Waals surface area contributed by atoms with Crippen molar-refractivity contribution in [3.63, 3.8) is 0 Å². The van der Waals surface area contributed by atoms with Crippen LogP contribution in [-0.2, 0) is 6.54 Å². The molecule has 2 aliphatic heterocycles. The SMILES string of the molecule is OC1CCN(Cc2ccc(C3COc4cccnc4O3)cc2)C1. The van der Waals surface area contributed by atoms with Crippen molar-refractivity contribution in [2.24, 2.45) is 0 Å². The number of rotatable bonds is 3. The molecule has 3 heterocycles. The number of β-amino-alcohol motifs (C(OH)–C–C–N with tert-alkyl or cyclic N) is 1. The van der Waals surface area contributed by atoms with E-state index in [2.05, 4.69) is 34.1 Å². The highest BCUT2D eigenvalue weighted by Crippen LogP contribution is 2.33. The monoisotopic (exact) mass is 312 g/mol. The number of hydrogen-bond donors (Lipinski definition) is 1. The second kappa shape index (κ2) is 6.18. The molecule has 2 aliphatic rings. The molecule has 1 aromatic carbocycles. The fourth-order valence-corrected chi connectivity index (χ4v) is 3.12. The summed E-state index contributed by atoms with van der Waals surface area (Å²) in [5.41, 5.74) is 2.34. The molecule has 23 heavy (non-hydrogen) atoms. The van der Waals surface area contributed by atoms with Gasteiger partial charge in [0, 0.05) is 25.8 Å². The molecule has 0 bridgehead atoms. The molecule has 1 saturated heterocycles. The molecule has 0 spiro atoms. The Morgan fingerprint density at radius 3 is 2.87 bits per heavy atom. The maximum Gasteiger partial charge on any atom is 0.257 e. The maximum atomic E-state index is 9.59. The van der Waals surface area contributed by atoms with E-state index in [0.29, 0.717) is 18.2 Å². The van der Waals surface area contributed by atoms with Crippen LogP contribution in [0.2, 0.25) is 0 Å². The van der Waals surface area contributed by atoms with Gasteiger partial charge in [-0.3, -0.25) is 4.90 Å². The number of nitrogens with zero attached hydrogens (tertiary/aromatic N) is 2. The van der Waals surface area contributed by atoms with Gasteiger partial charge in [-0.25, -0.2) is 4.98 Å². The van der Waals surface area contributed by atoms with Crippen molar-refractivity contribution in [2.45, 2.75) is 25.2 Å². The van der Waals surface area contributed by atoms with Crippen LogP contribution >= 0.6 is 0 Å². The number of benzene rings is 1. The van der Waals surface area contributed by atoms with Crippen LogP contribution in [0.1, 0.15) is 23.7 Å². The molecule has 5 nitrogen and oxygen atoms in total. The number of ether oxygens (including phenoxy) is 2. The van der Waals surface area contributed by atoms with E-state index in [-0.39, 0.29) is 12.2 Å². The van der Waals surface area contributed by atoms with Crippen molar-refractivity contribution in [1.82, 2.24) is 9.88 Å². The van der Waals surface area contributed by atoms with Crippen molar-refractivity contribution < 1.29 is 14.6 Å². The predicted molar refractivity (Wildman–Crippen MR) is 85.4 cm³/mol. The first-order chi connectivity index (χ1) is 11.3. The molecular formula is C18H20N2O3. The van der Waals surface area contributed by atoms with E-state index in [9.17, 15) is 5.11 Å². The third-order valence-electron chi connectivity index (χ3n) is 4.39. The highest BCUT2D eigenvalue weighted by atomic mass is 16.6. The summed E-state index contributed by atoms with van der Waals surface area (Å²) in [6, 6.07) is 12.1. The largest absolute Gasteiger partial charge is 0.484 e. The Hall–Kier alpha value is -2.11. The summed E-state index contributed by atoms with van der Waals surface area (Å²) in [4.78, 5) is 6.49. The number of aromatic nitrogens is 1. The maximum absolute atomic E-state index is 9.59. The van der Waals surface area contributed by atoms with Crippen molar-refractivity contribution in [1.29, 1.82) is 0 Å². The van der Waals surface area contributed by atoms with Gasteiger partial charge < -0.3 is 14.6 Å². The van der Waals surface area contributed by atoms with Crippen molar-refractivity contribution in [3.05, 3.63) is 53.7 Å². The van der Waals surface area contributed by atoms with Crippen LogP contribution in [0.5, 0.6) is 11.6 Å². The Morgan fingerprint density at radius 2 is 2.09 bits per heavy atom. The van der Waals surface area contributed by atoms with Gasteiger partial charge in [-0.15, -0.1) is 0 Å². The van der Waals surface area contributed by atoms with Gasteiger partial charge in [0.25, 0.3) is 5.88 Å². The second-order valence-corrected chi connectivity index (χ2v) is 6.14. The molecule has 0 saturated carbocycles. The van der Waals surface area contributed by atoms with Crippen molar-refractivity contribution in [3.8, 4) is 11.6 Å². The van der Waals surface area contributed by atoms with Gasteiger partial charge in [0.05, 0.1) is 6.10 Å². The van der Waals surface area contributed by atoms with E-state index in [1.807, 2.05) is 12.1 Å². The Morgan fingerprint density at radius 1 is 1.22 bits per heavy atom. The molecule has 2 atom stereocenters. The Labute approximate surface area is 135 Å². The molecule has 1 aromatic heterocycles. The highest BCUT2D eigenvalue weighted by Gasteiger charge is 2.24. The third kappa shape index (κ3) is 3.16. The smallest absolute Gasteiger partial charge is 0.257 e. The Kier molecular flexibility index (Phi) is 3.89. The van der Waals surface area contributed by atoms with E-state index in [0.717, 1.165) is 31.6 Å². The van der Waals surface area contributed by atoms with Crippen molar-refractivity contribution in [2.75, 3.05) is 19.7 Å². The van der Waals surface area contributed by atoms with Gasteiger partial charge in [0.2, 0.25) is 0 Å². The number of fused-ring (bicyclic) bond motifs is 1. The van der Waals surface area contributed by atoms with Gasteiger partial charge in [-0.2, -0.15) is 0 Å². The predicted octanol–water partition coefficient (Wildman–Crippen LogP) is 2.16. The van der Waals surface area contributed by atoms with Gasteiger partial charge in [-0.05, 0) is 29.7 Å². The summed E-state index contributed by atoms with van der Waals surface area (Å²) >= 11 is 0. The lowest BCUT2D eigenvalue weighted by atomic mass is 10.1. The molecule has 0 aliphatic carbocycles. The molecule has 0 amide bonds. The summed E-state index contributed by atoms with van der Waals surface area (Å²) in [5, 5.41) is 9.59.